The number of hydrogen-bond donors (Lipinski definition) is 0. The van der Waals surface area contributed by atoms with E-state index in [1.165, 1.54) is 16.5 Å². The minimum atomic E-state index is 0.633. The van der Waals surface area contributed by atoms with E-state index >= 15 is 0 Å². The van der Waals surface area contributed by atoms with Crippen molar-refractivity contribution < 1.29 is 4.42 Å². The molecule has 0 bridgehead atoms. The van der Waals surface area contributed by atoms with Crippen LogP contribution in [0.15, 0.2) is 174 Å². The third-order valence-electron chi connectivity index (χ3n) is 9.12. The Morgan fingerprint density at radius 2 is 1.21 bits per heavy atom. The highest BCUT2D eigenvalue weighted by atomic mass is 16.3. The molecule has 0 fully saturated rings. The number of rotatable bonds is 5. The molecule has 8 aromatic rings. The lowest BCUT2D eigenvalue weighted by Gasteiger charge is -2.12. The Labute approximate surface area is 278 Å². The Kier molecular flexibility index (Phi) is 6.87. The monoisotopic (exact) mass is 614 g/mol. The fraction of sp³-hybridized carbons (Fsp3) is 0.0222. The summed E-state index contributed by atoms with van der Waals surface area (Å²) in [5, 5.41) is 4.50. The Hall–Kier alpha value is -6.32. The van der Waals surface area contributed by atoms with Gasteiger partial charge in [0.15, 0.2) is 5.82 Å². The summed E-state index contributed by atoms with van der Waals surface area (Å²) in [7, 11) is 0. The van der Waals surface area contributed by atoms with Gasteiger partial charge < -0.3 is 4.42 Å². The summed E-state index contributed by atoms with van der Waals surface area (Å²) in [6.07, 6.45) is 11.5. The van der Waals surface area contributed by atoms with Crippen molar-refractivity contribution in [3.05, 3.63) is 176 Å². The molecule has 226 valence electrons. The molecule has 1 aliphatic carbocycles. The van der Waals surface area contributed by atoms with Gasteiger partial charge >= 0.3 is 0 Å². The van der Waals surface area contributed by atoms with E-state index in [0.29, 0.717) is 5.82 Å². The molecule has 1 aliphatic rings. The molecular formula is C45H30N2O. The van der Waals surface area contributed by atoms with Crippen LogP contribution in [0.25, 0.3) is 83.2 Å². The van der Waals surface area contributed by atoms with E-state index in [2.05, 4.69) is 146 Å². The van der Waals surface area contributed by atoms with Gasteiger partial charge in [-0.15, -0.1) is 0 Å². The molecule has 9 rings (SSSR count). The molecule has 6 aromatic carbocycles. The van der Waals surface area contributed by atoms with Crippen molar-refractivity contribution in [1.29, 1.82) is 0 Å². The second-order valence-electron chi connectivity index (χ2n) is 12.1. The van der Waals surface area contributed by atoms with Crippen LogP contribution in [-0.4, -0.2) is 9.97 Å². The van der Waals surface area contributed by atoms with Gasteiger partial charge in [0.25, 0.3) is 0 Å². The quantitative estimate of drug-likeness (QED) is 0.194. The van der Waals surface area contributed by atoms with Crippen LogP contribution in [0.5, 0.6) is 0 Å². The van der Waals surface area contributed by atoms with Crippen molar-refractivity contribution in [1.82, 2.24) is 9.97 Å². The highest BCUT2D eigenvalue weighted by Gasteiger charge is 2.20. The van der Waals surface area contributed by atoms with E-state index in [-0.39, 0.29) is 0 Å². The van der Waals surface area contributed by atoms with Crippen molar-refractivity contribution >= 4 is 38.3 Å². The zero-order valence-electron chi connectivity index (χ0n) is 26.2. The van der Waals surface area contributed by atoms with Gasteiger partial charge in [-0.25, -0.2) is 9.97 Å². The zero-order valence-corrected chi connectivity index (χ0v) is 26.2. The molecule has 0 spiro atoms. The average molecular weight is 615 g/mol. The predicted molar refractivity (Wildman–Crippen MR) is 199 cm³/mol. The summed E-state index contributed by atoms with van der Waals surface area (Å²) in [6, 6.07) is 48.9. The maximum atomic E-state index is 6.75. The fourth-order valence-corrected chi connectivity index (χ4v) is 6.71. The van der Waals surface area contributed by atoms with Gasteiger partial charge in [0.1, 0.15) is 11.2 Å². The minimum Gasteiger partial charge on any atom is -0.455 e. The normalized spacial score (nSPS) is 12.9. The summed E-state index contributed by atoms with van der Waals surface area (Å²) in [4.78, 5) is 10.5. The molecule has 3 nitrogen and oxygen atoms in total. The highest BCUT2D eigenvalue weighted by Crippen LogP contribution is 2.42. The standard InChI is InChI=1S/C45H30N2O/c1-2-6-17-34(16-5-1)40-29-41(35-18-9-4-10-19-35)47-45(46-40)39-28-36(32-23-21-31(22-24-32)30-13-7-3-8-14-30)27-38-43-37-20-12-11-15-33(37)25-26-42(43)48-44(38)39/h1-5,7-29H,6H2. The Morgan fingerprint density at radius 1 is 0.521 bits per heavy atom. The first kappa shape index (κ1) is 27.9. The lowest BCUT2D eigenvalue weighted by Crippen LogP contribution is -1.98. The maximum Gasteiger partial charge on any atom is 0.164 e. The molecule has 48 heavy (non-hydrogen) atoms. The van der Waals surface area contributed by atoms with E-state index in [0.717, 1.165) is 73.0 Å². The summed E-state index contributed by atoms with van der Waals surface area (Å²) in [5.41, 5.74) is 10.9. The molecule has 3 heteroatoms. The number of aromatic nitrogens is 2. The molecule has 0 amide bonds. The van der Waals surface area contributed by atoms with Gasteiger partial charge in [-0.1, -0.05) is 146 Å². The van der Waals surface area contributed by atoms with Crippen LogP contribution < -0.4 is 0 Å². The Morgan fingerprint density at radius 3 is 2.02 bits per heavy atom. The van der Waals surface area contributed by atoms with E-state index in [4.69, 9.17) is 14.4 Å². The molecule has 0 aliphatic heterocycles. The first-order valence-corrected chi connectivity index (χ1v) is 16.3. The van der Waals surface area contributed by atoms with Crippen molar-refractivity contribution in [3.63, 3.8) is 0 Å². The lowest BCUT2D eigenvalue weighted by molar-refractivity contribution is 0.670. The number of hydrogen-bond acceptors (Lipinski definition) is 3. The predicted octanol–water partition coefficient (Wildman–Crippen LogP) is 12.1. The molecule has 2 heterocycles. The van der Waals surface area contributed by atoms with Crippen LogP contribution in [0.4, 0.5) is 0 Å². The number of benzene rings is 6. The smallest absolute Gasteiger partial charge is 0.164 e. The molecule has 2 aromatic heterocycles. The highest BCUT2D eigenvalue weighted by molar-refractivity contribution is 6.21. The van der Waals surface area contributed by atoms with Gasteiger partial charge in [-0.05, 0) is 69.3 Å². The number of fused-ring (bicyclic) bond motifs is 5. The number of furan rings is 1. The van der Waals surface area contributed by atoms with Crippen molar-refractivity contribution in [2.24, 2.45) is 0 Å². The van der Waals surface area contributed by atoms with Crippen LogP contribution in [0.1, 0.15) is 12.1 Å². The van der Waals surface area contributed by atoms with Crippen molar-refractivity contribution in [2.45, 2.75) is 6.42 Å². The van der Waals surface area contributed by atoms with Crippen LogP contribution >= 0.6 is 0 Å². The largest absolute Gasteiger partial charge is 0.455 e. The molecule has 0 unspecified atom stereocenters. The van der Waals surface area contributed by atoms with Gasteiger partial charge in [-0.3, -0.25) is 0 Å². The third-order valence-corrected chi connectivity index (χ3v) is 9.12. The van der Waals surface area contributed by atoms with Crippen molar-refractivity contribution in [2.75, 3.05) is 0 Å². The summed E-state index contributed by atoms with van der Waals surface area (Å²) < 4.78 is 6.75. The second-order valence-corrected chi connectivity index (χ2v) is 12.1. The SMILES string of the molecule is C1=CCC=C(c2cc(-c3ccccc3)nc(-c3cc(-c4ccc(-c5ccccc5)cc4)cc4c3oc3ccc5ccccc5c34)n2)C=C1. The van der Waals surface area contributed by atoms with Crippen molar-refractivity contribution in [3.8, 4) is 44.9 Å². The van der Waals surface area contributed by atoms with E-state index in [9.17, 15) is 0 Å². The van der Waals surface area contributed by atoms with E-state index in [1.807, 2.05) is 24.3 Å². The van der Waals surface area contributed by atoms with Crippen LogP contribution in [0, 0.1) is 0 Å². The summed E-state index contributed by atoms with van der Waals surface area (Å²) in [5.74, 6) is 0.633. The van der Waals surface area contributed by atoms with Gasteiger partial charge in [0.2, 0.25) is 0 Å². The van der Waals surface area contributed by atoms with E-state index < -0.39 is 0 Å². The van der Waals surface area contributed by atoms with Gasteiger partial charge in [0, 0.05) is 16.3 Å². The first-order valence-electron chi connectivity index (χ1n) is 16.3. The summed E-state index contributed by atoms with van der Waals surface area (Å²) in [6.45, 7) is 0. The van der Waals surface area contributed by atoms with Crippen LogP contribution in [-0.2, 0) is 0 Å². The Bertz CT molecular complexity index is 2560. The fourth-order valence-electron chi connectivity index (χ4n) is 6.71. The zero-order chi connectivity index (χ0) is 31.9. The lowest BCUT2D eigenvalue weighted by atomic mass is 9.95. The third kappa shape index (κ3) is 5.03. The summed E-state index contributed by atoms with van der Waals surface area (Å²) >= 11 is 0. The van der Waals surface area contributed by atoms with Gasteiger partial charge in [0.05, 0.1) is 17.0 Å². The average Bonchev–Trinajstić information content (AvgIpc) is 3.32. The molecule has 0 N–H and O–H groups in total. The second kappa shape index (κ2) is 11.8. The Balaban J connectivity index is 1.31. The van der Waals surface area contributed by atoms with Gasteiger partial charge in [-0.2, -0.15) is 0 Å². The minimum absolute atomic E-state index is 0.633. The molecule has 0 saturated heterocycles. The number of allylic oxidation sites excluding steroid dienone is 6. The van der Waals surface area contributed by atoms with Crippen LogP contribution in [0.3, 0.4) is 0 Å². The molecule has 0 atom stereocenters. The molecular weight excluding hydrogens is 585 g/mol. The maximum absolute atomic E-state index is 6.75. The molecule has 0 saturated carbocycles. The first-order chi connectivity index (χ1) is 23.8. The van der Waals surface area contributed by atoms with Crippen LogP contribution in [0.2, 0.25) is 0 Å². The number of nitrogens with zero attached hydrogens (tertiary/aromatic N) is 2. The topological polar surface area (TPSA) is 38.9 Å². The van der Waals surface area contributed by atoms with E-state index in [1.54, 1.807) is 0 Å². The molecule has 0 radical (unpaired) electrons.